The van der Waals surface area contributed by atoms with E-state index in [0.29, 0.717) is 56.9 Å². The van der Waals surface area contributed by atoms with Crippen molar-refractivity contribution in [2.75, 3.05) is 25.6 Å². The number of nitrogens with two attached hydrogens (primary N) is 1. The van der Waals surface area contributed by atoms with Gasteiger partial charge in [0.25, 0.3) is 5.69 Å². The predicted molar refractivity (Wildman–Crippen MR) is 113 cm³/mol. The van der Waals surface area contributed by atoms with E-state index in [9.17, 15) is 10.1 Å². The molecule has 1 atom stereocenters. The molecule has 0 unspecified atom stereocenters. The molecular formula is C22H23FN4O5. The zero-order valence-corrected chi connectivity index (χ0v) is 17.4. The van der Waals surface area contributed by atoms with Gasteiger partial charge in [0.05, 0.1) is 24.2 Å². The summed E-state index contributed by atoms with van der Waals surface area (Å²) in [6, 6.07) is 1.14. The number of nitrogens with zero attached hydrogens (tertiary/aromatic N) is 3. The molecule has 0 amide bonds. The van der Waals surface area contributed by atoms with Crippen LogP contribution in [0, 0.1) is 15.9 Å². The standard InChI is InChI=1S/C22H23FN4O5/c23-19-15(10-16(27(28)29)20(24)18(19)17-2-1-7-30-17)14-11-25-21(26-12-14)13-3-5-22(6-4-13)31-8-9-32-22/h3,10-12,17H,1-2,4-9,24H2/t17-/m1/s1. The molecule has 2 aromatic rings. The van der Waals surface area contributed by atoms with E-state index in [1.165, 1.54) is 12.4 Å². The zero-order chi connectivity index (χ0) is 22.3. The van der Waals surface area contributed by atoms with Crippen LogP contribution in [0.5, 0.6) is 0 Å². The molecule has 2 aliphatic heterocycles. The quantitative estimate of drug-likeness (QED) is 0.429. The number of nitro benzene ring substituents is 1. The van der Waals surface area contributed by atoms with Crippen LogP contribution in [0.4, 0.5) is 15.8 Å². The Bertz CT molecular complexity index is 1080. The Balaban J connectivity index is 1.47. The van der Waals surface area contributed by atoms with Crippen molar-refractivity contribution in [2.24, 2.45) is 0 Å². The summed E-state index contributed by atoms with van der Waals surface area (Å²) in [5.41, 5.74) is 6.78. The van der Waals surface area contributed by atoms with Gasteiger partial charge in [0.1, 0.15) is 11.5 Å². The first kappa shape index (κ1) is 20.9. The van der Waals surface area contributed by atoms with Gasteiger partial charge in [-0.2, -0.15) is 0 Å². The number of ether oxygens (including phenoxy) is 3. The molecule has 2 saturated heterocycles. The van der Waals surface area contributed by atoms with Gasteiger partial charge in [0, 0.05) is 54.6 Å². The first-order chi connectivity index (χ1) is 15.5. The highest BCUT2D eigenvalue weighted by atomic mass is 19.1. The number of rotatable bonds is 4. The van der Waals surface area contributed by atoms with Crippen molar-refractivity contribution >= 4 is 16.9 Å². The number of allylic oxidation sites excluding steroid dienone is 1. The van der Waals surface area contributed by atoms with Crippen LogP contribution in [-0.2, 0) is 14.2 Å². The number of hydrogen-bond acceptors (Lipinski definition) is 8. The number of halogens is 1. The van der Waals surface area contributed by atoms with E-state index in [-0.39, 0.29) is 22.5 Å². The highest BCUT2D eigenvalue weighted by Gasteiger charge is 2.38. The fourth-order valence-corrected chi connectivity index (χ4v) is 4.56. The Hall–Kier alpha value is -2.95. The molecule has 3 heterocycles. The second kappa shape index (κ2) is 8.19. The van der Waals surface area contributed by atoms with Crippen LogP contribution in [-0.4, -0.2) is 40.5 Å². The fraction of sp³-hybridized carbons (Fsp3) is 0.455. The Morgan fingerprint density at radius 1 is 1.22 bits per heavy atom. The van der Waals surface area contributed by atoms with Crippen LogP contribution in [0.3, 0.4) is 0 Å². The predicted octanol–water partition coefficient (Wildman–Crippen LogP) is 3.94. The number of nitro groups is 1. The maximum absolute atomic E-state index is 15.5. The molecule has 1 aliphatic carbocycles. The molecule has 5 rings (SSSR count). The van der Waals surface area contributed by atoms with Crippen LogP contribution < -0.4 is 5.73 Å². The molecule has 9 nitrogen and oxygen atoms in total. The average Bonchev–Trinajstić information content (AvgIpc) is 3.48. The third-order valence-electron chi connectivity index (χ3n) is 6.27. The summed E-state index contributed by atoms with van der Waals surface area (Å²) < 4.78 is 32.5. The summed E-state index contributed by atoms with van der Waals surface area (Å²) >= 11 is 0. The van der Waals surface area contributed by atoms with Crippen molar-refractivity contribution < 1.29 is 23.5 Å². The maximum atomic E-state index is 15.5. The van der Waals surface area contributed by atoms with Crippen LogP contribution in [0.25, 0.3) is 16.7 Å². The highest BCUT2D eigenvalue weighted by Crippen LogP contribution is 2.43. The summed E-state index contributed by atoms with van der Waals surface area (Å²) in [7, 11) is 0. The third kappa shape index (κ3) is 3.64. The second-order valence-electron chi connectivity index (χ2n) is 8.18. The lowest BCUT2D eigenvalue weighted by Gasteiger charge is -2.30. The van der Waals surface area contributed by atoms with Crippen LogP contribution in [0.15, 0.2) is 24.5 Å². The molecule has 10 heteroatoms. The normalized spacial score (nSPS) is 22.3. The minimum absolute atomic E-state index is 0.0345. The van der Waals surface area contributed by atoms with Gasteiger partial charge < -0.3 is 19.9 Å². The molecule has 1 aromatic carbocycles. The van der Waals surface area contributed by atoms with E-state index < -0.39 is 22.6 Å². The molecule has 3 aliphatic rings. The van der Waals surface area contributed by atoms with Gasteiger partial charge in [-0.05, 0) is 24.8 Å². The molecule has 1 aromatic heterocycles. The van der Waals surface area contributed by atoms with E-state index in [0.717, 1.165) is 18.1 Å². The molecule has 168 valence electrons. The number of anilines is 1. The summed E-state index contributed by atoms with van der Waals surface area (Å²) in [5, 5.41) is 11.6. The molecule has 0 radical (unpaired) electrons. The Morgan fingerprint density at radius 2 is 1.97 bits per heavy atom. The number of benzene rings is 1. The number of nitrogen functional groups attached to an aromatic ring is 1. The topological polar surface area (TPSA) is 123 Å². The molecule has 2 fully saturated rings. The van der Waals surface area contributed by atoms with Gasteiger partial charge in [-0.25, -0.2) is 14.4 Å². The van der Waals surface area contributed by atoms with E-state index in [2.05, 4.69) is 9.97 Å². The van der Waals surface area contributed by atoms with E-state index in [4.69, 9.17) is 19.9 Å². The van der Waals surface area contributed by atoms with E-state index in [1.54, 1.807) is 0 Å². The summed E-state index contributed by atoms with van der Waals surface area (Å²) in [6.07, 6.45) is 7.70. The van der Waals surface area contributed by atoms with Crippen molar-refractivity contribution in [3.8, 4) is 11.1 Å². The first-order valence-corrected chi connectivity index (χ1v) is 10.6. The SMILES string of the molecule is Nc1c([N+](=O)[O-])cc(-c2cnc(C3=CCC4(CC3)OCCO4)nc2)c(F)c1[C@H]1CCCO1. The van der Waals surface area contributed by atoms with Crippen LogP contribution in [0.1, 0.15) is 49.6 Å². The smallest absolute Gasteiger partial charge is 0.293 e. The largest absolute Gasteiger partial charge is 0.393 e. The third-order valence-corrected chi connectivity index (χ3v) is 6.27. The minimum atomic E-state index is -0.634. The molecule has 0 saturated carbocycles. The minimum Gasteiger partial charge on any atom is -0.393 e. The van der Waals surface area contributed by atoms with Crippen molar-refractivity contribution in [1.29, 1.82) is 0 Å². The molecule has 32 heavy (non-hydrogen) atoms. The zero-order valence-electron chi connectivity index (χ0n) is 17.4. The van der Waals surface area contributed by atoms with Gasteiger partial charge in [-0.1, -0.05) is 6.08 Å². The highest BCUT2D eigenvalue weighted by molar-refractivity contribution is 5.76. The fourth-order valence-electron chi connectivity index (χ4n) is 4.56. The number of hydrogen-bond donors (Lipinski definition) is 1. The molecular weight excluding hydrogens is 419 g/mol. The first-order valence-electron chi connectivity index (χ1n) is 10.6. The van der Waals surface area contributed by atoms with Crippen molar-refractivity contribution in [3.05, 3.63) is 51.9 Å². The van der Waals surface area contributed by atoms with Gasteiger partial charge in [-0.15, -0.1) is 0 Å². The van der Waals surface area contributed by atoms with Gasteiger partial charge in [-0.3, -0.25) is 10.1 Å². The second-order valence-corrected chi connectivity index (χ2v) is 8.18. The van der Waals surface area contributed by atoms with Gasteiger partial charge in [0.2, 0.25) is 0 Å². The Morgan fingerprint density at radius 3 is 2.56 bits per heavy atom. The lowest BCUT2D eigenvalue weighted by atomic mass is 9.93. The van der Waals surface area contributed by atoms with Crippen molar-refractivity contribution in [3.63, 3.8) is 0 Å². The average molecular weight is 442 g/mol. The Kier molecular flexibility index (Phi) is 5.36. The summed E-state index contributed by atoms with van der Waals surface area (Å²) in [4.78, 5) is 19.7. The van der Waals surface area contributed by atoms with Crippen LogP contribution >= 0.6 is 0 Å². The summed E-state index contributed by atoms with van der Waals surface area (Å²) in [5.74, 6) is -0.634. The lowest BCUT2D eigenvalue weighted by Crippen LogP contribution is -2.31. The maximum Gasteiger partial charge on any atom is 0.293 e. The van der Waals surface area contributed by atoms with E-state index in [1.807, 2.05) is 6.08 Å². The van der Waals surface area contributed by atoms with Gasteiger partial charge >= 0.3 is 0 Å². The molecule has 1 spiro atoms. The summed E-state index contributed by atoms with van der Waals surface area (Å²) in [6.45, 7) is 1.66. The van der Waals surface area contributed by atoms with Crippen molar-refractivity contribution in [1.82, 2.24) is 9.97 Å². The van der Waals surface area contributed by atoms with Gasteiger partial charge in [0.15, 0.2) is 11.6 Å². The Labute approximate surface area is 183 Å². The number of aromatic nitrogens is 2. The monoisotopic (exact) mass is 442 g/mol. The molecule has 2 N–H and O–H groups in total. The molecule has 0 bridgehead atoms. The van der Waals surface area contributed by atoms with E-state index >= 15 is 4.39 Å². The lowest BCUT2D eigenvalue weighted by molar-refractivity contribution is -0.384. The van der Waals surface area contributed by atoms with Crippen LogP contribution in [0.2, 0.25) is 0 Å². The van der Waals surface area contributed by atoms with Crippen molar-refractivity contribution in [2.45, 2.75) is 44.0 Å².